The number of Topliss-reactive ketones (excluding diaryl/α,β-unsaturated/α-hetero) is 1. The Bertz CT molecular complexity index is 556. The van der Waals surface area contributed by atoms with Crippen LogP contribution in [0.3, 0.4) is 0 Å². The average Bonchev–Trinajstić information content (AvgIpc) is 2.59. The molecule has 0 bridgehead atoms. The molecule has 1 N–H and O–H groups in total. The van der Waals surface area contributed by atoms with Gasteiger partial charge in [-0.2, -0.15) is 0 Å². The Kier molecular flexibility index (Phi) is 3.85. The van der Waals surface area contributed by atoms with Crippen molar-refractivity contribution in [3.05, 3.63) is 28.8 Å². The van der Waals surface area contributed by atoms with E-state index in [2.05, 4.69) is 0 Å². The van der Waals surface area contributed by atoms with E-state index in [9.17, 15) is 14.4 Å². The minimum atomic E-state index is -0.865. The number of amides is 1. The molecule has 19 heavy (non-hydrogen) atoms. The van der Waals surface area contributed by atoms with Crippen LogP contribution in [0.4, 0.5) is 5.69 Å². The molecule has 1 heterocycles. The smallest absolute Gasteiger partial charge is 0.303 e. The Balaban J connectivity index is 2.08. The molecule has 1 amide bonds. The number of carbonyl (C=O) groups excluding carboxylic acids is 2. The second kappa shape index (κ2) is 5.40. The number of carbonyl (C=O) groups is 3. The fourth-order valence-electron chi connectivity index (χ4n) is 2.04. The maximum absolute atomic E-state index is 11.8. The Morgan fingerprint density at radius 3 is 2.68 bits per heavy atom. The largest absolute Gasteiger partial charge is 0.481 e. The number of fused-ring (bicyclic) bond motifs is 1. The van der Waals surface area contributed by atoms with Crippen molar-refractivity contribution in [1.82, 2.24) is 0 Å². The van der Waals surface area contributed by atoms with Gasteiger partial charge in [0.1, 0.15) is 0 Å². The second-order valence-corrected chi connectivity index (χ2v) is 4.73. The number of carboxylic acids is 1. The van der Waals surface area contributed by atoms with Crippen LogP contribution < -0.4 is 4.90 Å². The van der Waals surface area contributed by atoms with Crippen molar-refractivity contribution in [2.45, 2.75) is 19.3 Å². The normalized spacial score (nSPS) is 13.8. The van der Waals surface area contributed by atoms with Gasteiger partial charge in [-0.1, -0.05) is 11.6 Å². The predicted octanol–water partition coefficient (Wildman–Crippen LogP) is 2.12. The third-order valence-corrected chi connectivity index (χ3v) is 3.19. The summed E-state index contributed by atoms with van der Waals surface area (Å²) < 4.78 is 0. The van der Waals surface area contributed by atoms with Crippen LogP contribution in [-0.4, -0.2) is 29.3 Å². The minimum absolute atomic E-state index is 0.0590. The number of hydrogen-bond acceptors (Lipinski definition) is 3. The topological polar surface area (TPSA) is 74.7 Å². The summed E-state index contributed by atoms with van der Waals surface area (Å²) in [5, 5.41) is 8.95. The molecular formula is C13H12ClNO4. The molecule has 0 saturated heterocycles. The lowest BCUT2D eigenvalue weighted by molar-refractivity contribution is -0.137. The number of hydrogen-bond donors (Lipinski definition) is 1. The Labute approximate surface area is 114 Å². The SMILES string of the molecule is O=C(O)CCCCN1C(=O)C(=O)c2cc(Cl)ccc21. The van der Waals surface area contributed by atoms with Crippen LogP contribution in [0, 0.1) is 0 Å². The summed E-state index contributed by atoms with van der Waals surface area (Å²) in [4.78, 5) is 35.4. The van der Waals surface area contributed by atoms with E-state index >= 15 is 0 Å². The lowest BCUT2D eigenvalue weighted by atomic mass is 10.1. The van der Waals surface area contributed by atoms with Crippen molar-refractivity contribution >= 4 is 34.9 Å². The zero-order valence-corrected chi connectivity index (χ0v) is 10.8. The van der Waals surface area contributed by atoms with Gasteiger partial charge in [-0.25, -0.2) is 0 Å². The molecule has 0 aromatic heterocycles. The number of anilines is 1. The van der Waals surface area contributed by atoms with Crippen LogP contribution >= 0.6 is 11.6 Å². The van der Waals surface area contributed by atoms with E-state index in [1.54, 1.807) is 12.1 Å². The van der Waals surface area contributed by atoms with Gasteiger partial charge in [-0.3, -0.25) is 14.4 Å². The first-order chi connectivity index (χ1) is 9.00. The van der Waals surface area contributed by atoms with Gasteiger partial charge in [-0.15, -0.1) is 0 Å². The lowest BCUT2D eigenvalue weighted by Crippen LogP contribution is -2.30. The molecule has 1 aliphatic rings. The zero-order valence-electron chi connectivity index (χ0n) is 10.1. The van der Waals surface area contributed by atoms with Crippen molar-refractivity contribution in [1.29, 1.82) is 0 Å². The van der Waals surface area contributed by atoms with Crippen LogP contribution in [0.25, 0.3) is 0 Å². The van der Waals surface area contributed by atoms with Gasteiger partial charge in [0, 0.05) is 18.0 Å². The lowest BCUT2D eigenvalue weighted by Gasteiger charge is -2.15. The van der Waals surface area contributed by atoms with Gasteiger partial charge in [0.15, 0.2) is 0 Å². The van der Waals surface area contributed by atoms with Gasteiger partial charge in [0.05, 0.1) is 11.3 Å². The van der Waals surface area contributed by atoms with Gasteiger partial charge < -0.3 is 10.0 Å². The zero-order chi connectivity index (χ0) is 14.0. The van der Waals surface area contributed by atoms with Crippen molar-refractivity contribution < 1.29 is 19.5 Å². The molecule has 6 heteroatoms. The predicted molar refractivity (Wildman–Crippen MR) is 69.6 cm³/mol. The summed E-state index contributed by atoms with van der Waals surface area (Å²) in [6.07, 6.45) is 1.06. The summed E-state index contributed by atoms with van der Waals surface area (Å²) in [5.74, 6) is -2.00. The summed E-state index contributed by atoms with van der Waals surface area (Å²) in [6.45, 7) is 0.340. The summed E-state index contributed by atoms with van der Waals surface area (Å²) in [7, 11) is 0. The molecule has 5 nitrogen and oxygen atoms in total. The number of aliphatic carboxylic acids is 1. The first-order valence-corrected chi connectivity index (χ1v) is 6.26. The maximum Gasteiger partial charge on any atom is 0.303 e. The highest BCUT2D eigenvalue weighted by atomic mass is 35.5. The Hall–Kier alpha value is -1.88. The van der Waals surface area contributed by atoms with E-state index in [1.807, 2.05) is 0 Å². The molecule has 1 aliphatic heterocycles. The highest BCUT2D eigenvalue weighted by molar-refractivity contribution is 6.52. The molecule has 0 unspecified atom stereocenters. The number of benzene rings is 1. The number of halogens is 1. The minimum Gasteiger partial charge on any atom is -0.481 e. The Morgan fingerprint density at radius 1 is 1.26 bits per heavy atom. The third kappa shape index (κ3) is 2.76. The molecule has 1 aromatic carbocycles. The Morgan fingerprint density at radius 2 is 2.00 bits per heavy atom. The standard InChI is InChI=1S/C13H12ClNO4/c14-8-4-5-10-9(7-8)12(18)13(19)15(10)6-2-1-3-11(16)17/h4-5,7H,1-3,6H2,(H,16,17). The monoisotopic (exact) mass is 281 g/mol. The summed E-state index contributed by atoms with van der Waals surface area (Å²) in [6, 6.07) is 4.74. The molecule has 0 aliphatic carbocycles. The second-order valence-electron chi connectivity index (χ2n) is 4.30. The van der Waals surface area contributed by atoms with Crippen LogP contribution in [0.1, 0.15) is 29.6 Å². The molecule has 0 atom stereocenters. The molecule has 1 aromatic rings. The number of ketones is 1. The molecule has 2 rings (SSSR count). The molecule has 100 valence electrons. The molecule has 0 fully saturated rings. The van der Waals surface area contributed by atoms with Gasteiger partial charge in [0.25, 0.3) is 11.7 Å². The van der Waals surface area contributed by atoms with Crippen LogP contribution in [0.15, 0.2) is 18.2 Å². The number of nitrogens with zero attached hydrogens (tertiary/aromatic N) is 1. The molecule has 0 spiro atoms. The van der Waals surface area contributed by atoms with Gasteiger partial charge >= 0.3 is 5.97 Å². The quantitative estimate of drug-likeness (QED) is 0.663. The van der Waals surface area contributed by atoms with E-state index in [4.69, 9.17) is 16.7 Å². The fourth-order valence-corrected chi connectivity index (χ4v) is 2.21. The van der Waals surface area contributed by atoms with Crippen LogP contribution in [0.2, 0.25) is 5.02 Å². The van der Waals surface area contributed by atoms with E-state index in [1.165, 1.54) is 11.0 Å². The van der Waals surface area contributed by atoms with Gasteiger partial charge in [-0.05, 0) is 31.0 Å². The van der Waals surface area contributed by atoms with E-state index in [-0.39, 0.29) is 6.42 Å². The van der Waals surface area contributed by atoms with Crippen molar-refractivity contribution in [3.8, 4) is 0 Å². The first-order valence-electron chi connectivity index (χ1n) is 5.88. The molecule has 0 radical (unpaired) electrons. The number of unbranched alkanes of at least 4 members (excludes halogenated alkanes) is 1. The van der Waals surface area contributed by atoms with Crippen LogP contribution in [-0.2, 0) is 9.59 Å². The average molecular weight is 282 g/mol. The van der Waals surface area contributed by atoms with E-state index in [0.717, 1.165) is 0 Å². The highest BCUT2D eigenvalue weighted by Gasteiger charge is 2.35. The van der Waals surface area contributed by atoms with Crippen molar-refractivity contribution in [3.63, 3.8) is 0 Å². The van der Waals surface area contributed by atoms with E-state index in [0.29, 0.717) is 35.7 Å². The third-order valence-electron chi connectivity index (χ3n) is 2.96. The van der Waals surface area contributed by atoms with E-state index < -0.39 is 17.7 Å². The highest BCUT2D eigenvalue weighted by Crippen LogP contribution is 2.31. The van der Waals surface area contributed by atoms with Gasteiger partial charge in [0.2, 0.25) is 0 Å². The van der Waals surface area contributed by atoms with Crippen molar-refractivity contribution in [2.24, 2.45) is 0 Å². The van der Waals surface area contributed by atoms with Crippen molar-refractivity contribution in [2.75, 3.05) is 11.4 Å². The van der Waals surface area contributed by atoms with Crippen LogP contribution in [0.5, 0.6) is 0 Å². The fraction of sp³-hybridized carbons (Fsp3) is 0.308. The summed E-state index contributed by atoms with van der Waals surface area (Å²) in [5.41, 5.74) is 0.866. The molecule has 0 saturated carbocycles. The number of carboxylic acid groups (broad SMARTS) is 1. The number of rotatable bonds is 5. The summed E-state index contributed by atoms with van der Waals surface area (Å²) >= 11 is 5.80. The first kappa shape index (κ1) is 13.5. The molecular weight excluding hydrogens is 270 g/mol. The maximum atomic E-state index is 11.8.